The van der Waals surface area contributed by atoms with Crippen LogP contribution in [-0.2, 0) is 22.6 Å². The lowest BCUT2D eigenvalue weighted by atomic mass is 9.85. The minimum absolute atomic E-state index is 0.0311. The maximum absolute atomic E-state index is 14.2. The van der Waals surface area contributed by atoms with Gasteiger partial charge in [-0.3, -0.25) is 19.4 Å². The number of terminal acetylenes is 1. The predicted octanol–water partition coefficient (Wildman–Crippen LogP) is 5.27. The number of phenols is 1. The second-order valence-corrected chi connectivity index (χ2v) is 21.1. The maximum atomic E-state index is 14.2. The number of aliphatic hydroxyl groups is 1. The van der Waals surface area contributed by atoms with Crippen LogP contribution < -0.4 is 10.6 Å². The summed E-state index contributed by atoms with van der Waals surface area (Å²) in [5.74, 6) is 2.73. The number of aliphatic hydroxyl groups excluding tert-OH is 1. The number of aromatic nitrogens is 3. The Balaban J connectivity index is 0.712. The number of urea groups is 1. The summed E-state index contributed by atoms with van der Waals surface area (Å²) in [7, 11) is 0. The zero-order valence-corrected chi connectivity index (χ0v) is 40.3. The van der Waals surface area contributed by atoms with Crippen molar-refractivity contribution in [1.82, 2.24) is 50.3 Å². The summed E-state index contributed by atoms with van der Waals surface area (Å²) < 4.78 is 0. The molecule has 5 N–H and O–H groups in total. The molecule has 4 atom stereocenters. The Labute approximate surface area is 401 Å². The minimum atomic E-state index is -0.880. The summed E-state index contributed by atoms with van der Waals surface area (Å²) in [4.78, 5) is 56.2. The number of carbonyl (C=O) groups is 3. The summed E-state index contributed by atoms with van der Waals surface area (Å²) in [6, 6.07) is 16.2. The lowest BCUT2D eigenvalue weighted by Gasteiger charge is -2.46. The normalized spacial score (nSPS) is 24.9. The number of nitrogens with one attached hydrogen (secondary N) is 3. The first kappa shape index (κ1) is 47.5. The van der Waals surface area contributed by atoms with Gasteiger partial charge in [-0.25, -0.2) is 4.79 Å². The molecule has 15 nitrogen and oxygen atoms in total. The molecule has 4 amide bonds. The number of aromatic hydroxyl groups is 1. The van der Waals surface area contributed by atoms with Crippen LogP contribution in [0, 0.1) is 23.7 Å². The number of hydrogen-bond acceptors (Lipinski definition) is 10. The Kier molecular flexibility index (Phi) is 14.1. The molecule has 4 aliphatic heterocycles. The smallest absolute Gasteiger partial charge is 0.318 e. The number of likely N-dealkylation sites (tertiary alicyclic amines) is 2. The second kappa shape index (κ2) is 20.2. The van der Waals surface area contributed by atoms with Crippen LogP contribution in [0.3, 0.4) is 0 Å². The average Bonchev–Trinajstić information content (AvgIpc) is 3.93. The maximum Gasteiger partial charge on any atom is 0.318 e. The third-order valence-corrected chi connectivity index (χ3v) is 15.7. The monoisotopic (exact) mass is 927 g/mol. The van der Waals surface area contributed by atoms with Crippen LogP contribution in [0.15, 0.2) is 54.6 Å². The largest absolute Gasteiger partial charge is 0.507 e. The van der Waals surface area contributed by atoms with Crippen LogP contribution >= 0.6 is 0 Å². The zero-order chi connectivity index (χ0) is 47.7. The van der Waals surface area contributed by atoms with E-state index in [0.717, 1.165) is 67.8 Å². The van der Waals surface area contributed by atoms with Gasteiger partial charge >= 0.3 is 6.03 Å². The topological polar surface area (TPSA) is 173 Å². The number of aromatic amines is 1. The summed E-state index contributed by atoms with van der Waals surface area (Å²) >= 11 is 0. The summed E-state index contributed by atoms with van der Waals surface area (Å²) in [5.41, 5.74) is 5.78. The number of phenolic OH excluding ortho intramolecular Hbond substituents is 1. The van der Waals surface area contributed by atoms with Crippen molar-refractivity contribution in [3.05, 3.63) is 77.0 Å². The van der Waals surface area contributed by atoms with Crippen LogP contribution in [0.2, 0.25) is 0 Å². The zero-order valence-electron chi connectivity index (χ0n) is 40.3. The summed E-state index contributed by atoms with van der Waals surface area (Å²) in [5, 5.41) is 37.2. The molecule has 0 unspecified atom stereocenters. The van der Waals surface area contributed by atoms with Crippen LogP contribution in [0.25, 0.3) is 22.3 Å². The number of fused-ring (bicyclic) bond motifs is 3. The number of piperazine rings is 1. The highest BCUT2D eigenvalue weighted by Gasteiger charge is 2.45. The van der Waals surface area contributed by atoms with Gasteiger partial charge in [0.25, 0.3) is 0 Å². The fourth-order valence-corrected chi connectivity index (χ4v) is 11.8. The molecule has 6 heterocycles. The van der Waals surface area contributed by atoms with Gasteiger partial charge in [-0.1, -0.05) is 51.0 Å². The lowest BCUT2D eigenvalue weighted by Crippen LogP contribution is -2.61. The SMILES string of the molecule is C#Cc1ccc(CNC(=O)[C@@H]2C[C@@H](O)CN2C(=O)[C@@H](NC(=O)N2CCN(CC3CCN([C@H]4CC[C@@H](N5CCc6[nH]c7nnc(-c8ccccc8O)cc7c6[C@H]5C)CC4)CC3)CC2)C(C)(C)C)cc1. The van der Waals surface area contributed by atoms with Gasteiger partial charge in [0.2, 0.25) is 11.8 Å². The van der Waals surface area contributed by atoms with Gasteiger partial charge in [0.05, 0.1) is 11.8 Å². The van der Waals surface area contributed by atoms with Crippen molar-refractivity contribution in [2.24, 2.45) is 11.3 Å². The van der Waals surface area contributed by atoms with E-state index < -0.39 is 23.6 Å². The molecule has 9 rings (SSSR count). The van der Waals surface area contributed by atoms with Gasteiger partial charge in [0.1, 0.15) is 17.8 Å². The standard InChI is InChI=1S/C53H70N10O5/c1-6-35-11-13-36(14-12-35)31-54-50(66)45-29-40(64)33-63(45)51(67)48(53(3,4)5)56-52(68)61-27-25-59(26-28-61)32-37-19-22-60(23-20-37)38-15-17-39(18-16-38)62-24-21-43-47(34(62)2)42-30-44(57-58-49(42)55-43)41-9-7-8-10-46(41)65/h1,7-14,30,34,37-40,45,48,64-65H,15-29,31-33H2,2-5H3,(H,54,66)(H,55,58)(H,56,68)/t34-,38-,39+,40-,45+,48-/m1/s1. The number of rotatable bonds is 10. The van der Waals surface area contributed by atoms with Crippen LogP contribution in [-0.4, -0.2) is 157 Å². The predicted molar refractivity (Wildman–Crippen MR) is 262 cm³/mol. The molecule has 4 fully saturated rings. The van der Waals surface area contributed by atoms with E-state index in [2.05, 4.69) is 59.4 Å². The van der Waals surface area contributed by atoms with Gasteiger partial charge < -0.3 is 40.5 Å². The van der Waals surface area contributed by atoms with Gasteiger partial charge in [0, 0.05) is 106 Å². The second-order valence-electron chi connectivity index (χ2n) is 21.1. The van der Waals surface area contributed by atoms with E-state index in [-0.39, 0.29) is 49.1 Å². The first-order valence-electron chi connectivity index (χ1n) is 25.0. The highest BCUT2D eigenvalue weighted by molar-refractivity contribution is 5.93. The number of nitrogens with zero attached hydrogens (tertiary/aromatic N) is 7. The Morgan fingerprint density at radius 3 is 2.31 bits per heavy atom. The molecule has 4 aromatic rings. The molecule has 1 aliphatic carbocycles. The van der Waals surface area contributed by atoms with E-state index in [0.29, 0.717) is 42.3 Å². The molecule has 0 radical (unpaired) electrons. The lowest BCUT2D eigenvalue weighted by molar-refractivity contribution is -0.142. The summed E-state index contributed by atoms with van der Waals surface area (Å²) in [6.07, 6.45) is 13.0. The molecule has 3 saturated heterocycles. The third-order valence-electron chi connectivity index (χ3n) is 15.7. The Morgan fingerprint density at radius 2 is 1.62 bits per heavy atom. The first-order chi connectivity index (χ1) is 32.7. The molecule has 362 valence electrons. The third kappa shape index (κ3) is 10.2. The van der Waals surface area contributed by atoms with Crippen molar-refractivity contribution < 1.29 is 24.6 Å². The van der Waals surface area contributed by atoms with E-state index in [4.69, 9.17) is 6.42 Å². The van der Waals surface area contributed by atoms with Gasteiger partial charge in [0.15, 0.2) is 5.65 Å². The molecule has 15 heteroatoms. The molecule has 5 aliphatic rings. The van der Waals surface area contributed by atoms with Crippen molar-refractivity contribution in [2.75, 3.05) is 58.9 Å². The fraction of sp³-hybridized carbons (Fsp3) is 0.566. The minimum Gasteiger partial charge on any atom is -0.507 e. The highest BCUT2D eigenvalue weighted by atomic mass is 16.3. The van der Waals surface area contributed by atoms with Crippen LogP contribution in [0.1, 0.15) is 101 Å². The number of benzene rings is 2. The first-order valence-corrected chi connectivity index (χ1v) is 25.0. The van der Waals surface area contributed by atoms with Gasteiger partial charge in [-0.05, 0) is 111 Å². The number of piperidine rings is 1. The molecule has 2 aromatic carbocycles. The van der Waals surface area contributed by atoms with E-state index in [1.165, 1.54) is 54.7 Å². The van der Waals surface area contributed by atoms with E-state index >= 15 is 0 Å². The van der Waals surface area contributed by atoms with Crippen LogP contribution in [0.4, 0.5) is 4.79 Å². The van der Waals surface area contributed by atoms with Crippen molar-refractivity contribution in [1.29, 1.82) is 0 Å². The van der Waals surface area contributed by atoms with E-state index in [1.54, 1.807) is 6.07 Å². The number of β-amino-alcohol motifs (C(OH)–C–C–N with tert-alkyl or cyclic N) is 1. The van der Waals surface area contributed by atoms with Crippen molar-refractivity contribution in [3.63, 3.8) is 0 Å². The van der Waals surface area contributed by atoms with Crippen molar-refractivity contribution >= 4 is 28.9 Å². The molecule has 1 saturated carbocycles. The van der Waals surface area contributed by atoms with Gasteiger partial charge in [-0.2, -0.15) is 0 Å². The fourth-order valence-electron chi connectivity index (χ4n) is 11.8. The van der Waals surface area contributed by atoms with E-state index in [9.17, 15) is 24.6 Å². The number of amides is 4. The number of hydrogen-bond donors (Lipinski definition) is 5. The Hall–Kier alpha value is -5.53. The quantitative estimate of drug-likeness (QED) is 0.132. The van der Waals surface area contributed by atoms with Gasteiger partial charge in [-0.15, -0.1) is 16.6 Å². The Bertz CT molecular complexity index is 2470. The molecule has 0 bridgehead atoms. The highest BCUT2D eigenvalue weighted by Crippen LogP contribution is 2.41. The summed E-state index contributed by atoms with van der Waals surface area (Å²) in [6.45, 7) is 15.5. The molecule has 0 spiro atoms. The van der Waals surface area contributed by atoms with Crippen molar-refractivity contribution in [2.45, 2.75) is 122 Å². The number of para-hydroxylation sites is 1. The van der Waals surface area contributed by atoms with Crippen molar-refractivity contribution in [3.8, 4) is 29.4 Å². The Morgan fingerprint density at radius 1 is 0.912 bits per heavy atom. The van der Waals surface area contributed by atoms with Crippen LogP contribution in [0.5, 0.6) is 5.75 Å². The molecule has 2 aromatic heterocycles. The molecular formula is C53H70N10O5. The molecular weight excluding hydrogens is 857 g/mol. The van der Waals surface area contributed by atoms with E-state index in [1.807, 2.05) is 68.1 Å². The molecule has 68 heavy (non-hydrogen) atoms. The number of carbonyl (C=O) groups excluding carboxylic acids is 3. The number of H-pyrrole nitrogens is 1. The average molecular weight is 927 g/mol.